The number of imidazole rings is 1. The molecule has 1 atom stereocenters. The van der Waals surface area contributed by atoms with Gasteiger partial charge >= 0.3 is 0 Å². The van der Waals surface area contributed by atoms with Gasteiger partial charge in [0.1, 0.15) is 23.4 Å². The molecule has 8 heteroatoms. The molecule has 0 bridgehead atoms. The summed E-state index contributed by atoms with van der Waals surface area (Å²) in [5.41, 5.74) is 1.68. The highest BCUT2D eigenvalue weighted by Crippen LogP contribution is 2.47. The highest BCUT2D eigenvalue weighted by atomic mass is 19.1. The van der Waals surface area contributed by atoms with Gasteiger partial charge in [-0.2, -0.15) is 4.98 Å². The summed E-state index contributed by atoms with van der Waals surface area (Å²) in [5.74, 6) is 0.498. The molecule has 7 nitrogen and oxygen atoms in total. The summed E-state index contributed by atoms with van der Waals surface area (Å²) in [5, 5.41) is 4.08. The van der Waals surface area contributed by atoms with Crippen LogP contribution in [0.4, 0.5) is 4.39 Å². The molecule has 1 aromatic carbocycles. The highest BCUT2D eigenvalue weighted by molar-refractivity contribution is 5.83. The van der Waals surface area contributed by atoms with Crippen molar-refractivity contribution in [3.63, 3.8) is 0 Å². The third-order valence-corrected chi connectivity index (χ3v) is 5.83. The summed E-state index contributed by atoms with van der Waals surface area (Å²) in [6, 6.07) is 4.33. The van der Waals surface area contributed by atoms with Crippen molar-refractivity contribution in [2.45, 2.75) is 51.5 Å². The minimum Gasteiger partial charge on any atom is -0.338 e. The van der Waals surface area contributed by atoms with Crippen molar-refractivity contribution < 1.29 is 8.91 Å². The molecular weight excluding hydrogens is 361 g/mol. The van der Waals surface area contributed by atoms with Crippen LogP contribution in [0.25, 0.3) is 28.1 Å². The molecule has 1 aliphatic rings. The van der Waals surface area contributed by atoms with Gasteiger partial charge in [0, 0.05) is 11.5 Å². The molecule has 28 heavy (non-hydrogen) atoms. The molecule has 3 heterocycles. The molecule has 1 saturated carbocycles. The first-order valence-electron chi connectivity index (χ1n) is 9.48. The van der Waals surface area contributed by atoms with Crippen LogP contribution < -0.4 is 5.56 Å². The summed E-state index contributed by atoms with van der Waals surface area (Å²) in [6.45, 7) is 6.01. The zero-order chi connectivity index (χ0) is 19.6. The average molecular weight is 381 g/mol. The van der Waals surface area contributed by atoms with Gasteiger partial charge in [-0.15, -0.1) is 0 Å². The van der Waals surface area contributed by atoms with E-state index in [0.29, 0.717) is 34.0 Å². The molecular formula is C20H20FN5O2. The summed E-state index contributed by atoms with van der Waals surface area (Å²) in [7, 11) is 0. The number of fused-ring (bicyclic) bond motifs is 3. The van der Waals surface area contributed by atoms with Gasteiger partial charge in [0.25, 0.3) is 5.56 Å². The van der Waals surface area contributed by atoms with Crippen molar-refractivity contribution in [2.24, 2.45) is 0 Å². The van der Waals surface area contributed by atoms with Crippen LogP contribution in [0, 0.1) is 5.82 Å². The van der Waals surface area contributed by atoms with Gasteiger partial charge in [0.2, 0.25) is 11.7 Å². The zero-order valence-electron chi connectivity index (χ0n) is 15.9. The minimum absolute atomic E-state index is 0.0675. The average Bonchev–Trinajstić information content (AvgIpc) is 3.11. The van der Waals surface area contributed by atoms with E-state index in [0.717, 1.165) is 19.3 Å². The fourth-order valence-corrected chi connectivity index (χ4v) is 3.60. The number of hydrogen-bond acceptors (Lipinski definition) is 5. The number of nitrogens with zero attached hydrogens (tertiary/aromatic N) is 5. The molecule has 0 amide bonds. The van der Waals surface area contributed by atoms with Crippen LogP contribution in [0.1, 0.15) is 52.0 Å². The van der Waals surface area contributed by atoms with Gasteiger partial charge in [0.05, 0.1) is 11.0 Å². The lowest BCUT2D eigenvalue weighted by Gasteiger charge is -2.17. The third-order valence-electron chi connectivity index (χ3n) is 5.83. The first-order chi connectivity index (χ1) is 13.4. The second kappa shape index (κ2) is 5.73. The maximum Gasteiger partial charge on any atom is 0.278 e. The smallest absolute Gasteiger partial charge is 0.278 e. The van der Waals surface area contributed by atoms with Gasteiger partial charge < -0.3 is 9.09 Å². The Balaban J connectivity index is 1.83. The third kappa shape index (κ3) is 2.33. The minimum atomic E-state index is -0.385. The fourth-order valence-electron chi connectivity index (χ4n) is 3.60. The molecule has 0 radical (unpaired) electrons. The van der Waals surface area contributed by atoms with Crippen molar-refractivity contribution in [1.29, 1.82) is 0 Å². The first kappa shape index (κ1) is 17.1. The number of aromatic nitrogens is 5. The van der Waals surface area contributed by atoms with Gasteiger partial charge in [0.15, 0.2) is 0 Å². The Morgan fingerprint density at radius 3 is 2.82 bits per heavy atom. The monoisotopic (exact) mass is 381 g/mol. The Kier molecular flexibility index (Phi) is 3.50. The van der Waals surface area contributed by atoms with Crippen LogP contribution in [0.2, 0.25) is 0 Å². The summed E-state index contributed by atoms with van der Waals surface area (Å²) < 4.78 is 22.7. The van der Waals surface area contributed by atoms with E-state index in [1.54, 1.807) is 21.4 Å². The molecule has 0 aliphatic heterocycles. The number of benzene rings is 1. The second-order valence-corrected chi connectivity index (χ2v) is 7.86. The molecule has 1 unspecified atom stereocenters. The van der Waals surface area contributed by atoms with E-state index >= 15 is 0 Å². The molecule has 0 saturated heterocycles. The Bertz CT molecular complexity index is 1280. The van der Waals surface area contributed by atoms with Crippen LogP contribution in [-0.2, 0) is 5.41 Å². The molecule has 1 aliphatic carbocycles. The summed E-state index contributed by atoms with van der Waals surface area (Å²) in [6.07, 6.45) is 4.31. The Morgan fingerprint density at radius 2 is 2.11 bits per heavy atom. The van der Waals surface area contributed by atoms with Gasteiger partial charge in [-0.3, -0.25) is 9.20 Å². The zero-order valence-corrected chi connectivity index (χ0v) is 15.9. The van der Waals surface area contributed by atoms with E-state index in [9.17, 15) is 9.18 Å². The van der Waals surface area contributed by atoms with Crippen LogP contribution in [0.3, 0.4) is 0 Å². The number of rotatable bonds is 4. The quantitative estimate of drug-likeness (QED) is 0.536. The van der Waals surface area contributed by atoms with Crippen molar-refractivity contribution in [2.75, 3.05) is 0 Å². The van der Waals surface area contributed by atoms with Crippen LogP contribution in [0.5, 0.6) is 0 Å². The molecule has 0 spiro atoms. The lowest BCUT2D eigenvalue weighted by Crippen LogP contribution is -2.25. The topological polar surface area (TPSA) is 78.2 Å². The number of halogens is 1. The summed E-state index contributed by atoms with van der Waals surface area (Å²) >= 11 is 0. The largest absolute Gasteiger partial charge is 0.338 e. The van der Waals surface area contributed by atoms with E-state index in [1.807, 2.05) is 13.8 Å². The highest BCUT2D eigenvalue weighted by Gasteiger charge is 2.44. The predicted molar refractivity (Wildman–Crippen MR) is 102 cm³/mol. The molecule has 1 fully saturated rings. The Labute approximate surface area is 159 Å². The van der Waals surface area contributed by atoms with E-state index in [4.69, 9.17) is 4.52 Å². The van der Waals surface area contributed by atoms with E-state index in [1.165, 1.54) is 12.1 Å². The molecule has 3 aromatic heterocycles. The molecule has 4 aromatic rings. The van der Waals surface area contributed by atoms with Gasteiger partial charge in [-0.05, 0) is 44.4 Å². The standard InChI is InChI=1S/C20H20FN5O2/c1-4-11(2)26-14-9-12(21)5-6-13(14)25-10-22-15(16(25)18(26)27)17-23-19(28-24-17)20(3)7-8-20/h5-6,9-11H,4,7-8H2,1-3H3. The van der Waals surface area contributed by atoms with Crippen LogP contribution >= 0.6 is 0 Å². The van der Waals surface area contributed by atoms with E-state index in [2.05, 4.69) is 22.0 Å². The fraction of sp³-hybridized carbons (Fsp3) is 0.400. The van der Waals surface area contributed by atoms with E-state index < -0.39 is 0 Å². The molecule has 144 valence electrons. The first-order valence-corrected chi connectivity index (χ1v) is 9.48. The lowest BCUT2D eigenvalue weighted by atomic mass is 10.1. The van der Waals surface area contributed by atoms with Crippen molar-refractivity contribution in [3.8, 4) is 11.5 Å². The van der Waals surface area contributed by atoms with Crippen molar-refractivity contribution >= 4 is 16.6 Å². The van der Waals surface area contributed by atoms with Crippen LogP contribution in [-0.4, -0.2) is 24.1 Å². The van der Waals surface area contributed by atoms with Crippen molar-refractivity contribution in [3.05, 3.63) is 46.6 Å². The second-order valence-electron chi connectivity index (χ2n) is 7.86. The van der Waals surface area contributed by atoms with E-state index in [-0.39, 0.29) is 22.8 Å². The summed E-state index contributed by atoms with van der Waals surface area (Å²) in [4.78, 5) is 22.3. The SMILES string of the molecule is CCC(C)n1c(=O)c2c(-c3noc(C4(C)CC4)n3)ncn2c2ccc(F)cc21. The Morgan fingerprint density at radius 1 is 1.32 bits per heavy atom. The lowest BCUT2D eigenvalue weighted by molar-refractivity contribution is 0.353. The normalized spacial score (nSPS) is 16.7. The van der Waals surface area contributed by atoms with Gasteiger partial charge in [-0.1, -0.05) is 19.0 Å². The molecule has 0 N–H and O–H groups in total. The molecule has 5 rings (SSSR count). The Hall–Kier alpha value is -3.03. The van der Waals surface area contributed by atoms with Crippen molar-refractivity contribution in [1.82, 2.24) is 24.1 Å². The number of hydrogen-bond donors (Lipinski definition) is 0. The predicted octanol–water partition coefficient (Wildman–Crippen LogP) is 3.86. The van der Waals surface area contributed by atoms with Gasteiger partial charge in [-0.25, -0.2) is 9.37 Å². The maximum atomic E-state index is 13.9. The van der Waals surface area contributed by atoms with Crippen LogP contribution in [0.15, 0.2) is 33.8 Å². The maximum absolute atomic E-state index is 13.9.